The molecule has 0 aliphatic rings. The molecule has 0 aliphatic carbocycles. The van der Waals surface area contributed by atoms with E-state index in [9.17, 15) is 4.79 Å². The van der Waals surface area contributed by atoms with Gasteiger partial charge in [-0.3, -0.25) is 4.79 Å². The standard InChI is InChI=1S/C11H14N2O2/c1-15-10-6-8(5-9(12)7-10)3-2-4-11(13)14/h2-3,5-7H,4,12H2,1H3,(H2,13,14). The molecule has 0 bridgehead atoms. The molecule has 1 aromatic rings. The zero-order valence-corrected chi connectivity index (χ0v) is 8.57. The van der Waals surface area contributed by atoms with Crippen LogP contribution in [0.5, 0.6) is 5.75 Å². The number of rotatable bonds is 4. The smallest absolute Gasteiger partial charge is 0.221 e. The number of carbonyl (C=O) groups is 1. The average molecular weight is 206 g/mol. The molecule has 0 spiro atoms. The van der Waals surface area contributed by atoms with Crippen LogP contribution in [0.3, 0.4) is 0 Å². The van der Waals surface area contributed by atoms with Crippen molar-refractivity contribution in [2.24, 2.45) is 5.73 Å². The molecule has 4 nitrogen and oxygen atoms in total. The van der Waals surface area contributed by atoms with Gasteiger partial charge in [0.25, 0.3) is 0 Å². The van der Waals surface area contributed by atoms with Gasteiger partial charge in [-0.25, -0.2) is 0 Å². The Labute approximate surface area is 88.5 Å². The van der Waals surface area contributed by atoms with E-state index >= 15 is 0 Å². The average Bonchev–Trinajstić information content (AvgIpc) is 2.16. The van der Waals surface area contributed by atoms with Crippen LogP contribution in [0.1, 0.15) is 12.0 Å². The molecule has 4 heteroatoms. The molecule has 0 heterocycles. The zero-order chi connectivity index (χ0) is 11.3. The van der Waals surface area contributed by atoms with Gasteiger partial charge >= 0.3 is 0 Å². The number of benzene rings is 1. The maximum Gasteiger partial charge on any atom is 0.221 e. The number of ether oxygens (including phenoxy) is 1. The molecule has 1 aromatic carbocycles. The first kappa shape index (κ1) is 11.1. The van der Waals surface area contributed by atoms with E-state index in [-0.39, 0.29) is 12.3 Å². The van der Waals surface area contributed by atoms with Crippen LogP contribution in [0, 0.1) is 0 Å². The van der Waals surface area contributed by atoms with Gasteiger partial charge in [0.1, 0.15) is 5.75 Å². The van der Waals surface area contributed by atoms with Gasteiger partial charge in [-0.1, -0.05) is 12.2 Å². The number of carbonyl (C=O) groups excluding carboxylic acids is 1. The summed E-state index contributed by atoms with van der Waals surface area (Å²) in [6, 6.07) is 5.35. The molecular formula is C11H14N2O2. The van der Waals surface area contributed by atoms with Crippen LogP contribution in [-0.4, -0.2) is 13.0 Å². The quantitative estimate of drug-likeness (QED) is 0.726. The zero-order valence-electron chi connectivity index (χ0n) is 8.57. The third-order valence-electron chi connectivity index (χ3n) is 1.82. The Kier molecular flexibility index (Phi) is 3.74. The lowest BCUT2D eigenvalue weighted by Crippen LogP contribution is -2.07. The first-order valence-electron chi connectivity index (χ1n) is 4.51. The molecule has 1 rings (SSSR count). The van der Waals surface area contributed by atoms with E-state index in [2.05, 4.69) is 0 Å². The highest BCUT2D eigenvalue weighted by Crippen LogP contribution is 2.19. The van der Waals surface area contributed by atoms with Crippen LogP contribution in [0.4, 0.5) is 5.69 Å². The Morgan fingerprint density at radius 1 is 1.47 bits per heavy atom. The van der Waals surface area contributed by atoms with Crippen molar-refractivity contribution in [2.45, 2.75) is 6.42 Å². The lowest BCUT2D eigenvalue weighted by molar-refractivity contribution is -0.117. The van der Waals surface area contributed by atoms with Crippen molar-refractivity contribution < 1.29 is 9.53 Å². The minimum absolute atomic E-state index is 0.219. The van der Waals surface area contributed by atoms with Crippen LogP contribution >= 0.6 is 0 Å². The van der Waals surface area contributed by atoms with Gasteiger partial charge in [0.2, 0.25) is 5.91 Å². The predicted molar refractivity (Wildman–Crippen MR) is 60.3 cm³/mol. The van der Waals surface area contributed by atoms with Crippen molar-refractivity contribution >= 4 is 17.7 Å². The topological polar surface area (TPSA) is 78.3 Å². The van der Waals surface area contributed by atoms with E-state index in [1.807, 2.05) is 6.07 Å². The van der Waals surface area contributed by atoms with Crippen molar-refractivity contribution in [3.8, 4) is 5.75 Å². The lowest BCUT2D eigenvalue weighted by atomic mass is 10.1. The molecule has 15 heavy (non-hydrogen) atoms. The van der Waals surface area contributed by atoms with Crippen LogP contribution in [0.2, 0.25) is 0 Å². The summed E-state index contributed by atoms with van der Waals surface area (Å²) in [5.41, 5.74) is 12.2. The number of amides is 1. The molecule has 0 aliphatic heterocycles. The minimum atomic E-state index is -0.359. The van der Waals surface area contributed by atoms with Crippen molar-refractivity contribution in [1.82, 2.24) is 0 Å². The van der Waals surface area contributed by atoms with Gasteiger partial charge in [0.15, 0.2) is 0 Å². The Morgan fingerprint density at radius 2 is 2.20 bits per heavy atom. The number of hydrogen-bond acceptors (Lipinski definition) is 3. The summed E-state index contributed by atoms with van der Waals surface area (Å²) in [5.74, 6) is 0.329. The highest BCUT2D eigenvalue weighted by atomic mass is 16.5. The summed E-state index contributed by atoms with van der Waals surface area (Å²) in [5, 5.41) is 0. The highest BCUT2D eigenvalue weighted by molar-refractivity contribution is 5.76. The number of hydrogen-bond donors (Lipinski definition) is 2. The molecule has 0 atom stereocenters. The number of anilines is 1. The minimum Gasteiger partial charge on any atom is -0.497 e. The van der Waals surface area contributed by atoms with Crippen LogP contribution in [0.25, 0.3) is 6.08 Å². The van der Waals surface area contributed by atoms with E-state index in [0.717, 1.165) is 5.56 Å². The summed E-state index contributed by atoms with van der Waals surface area (Å²) >= 11 is 0. The summed E-state index contributed by atoms with van der Waals surface area (Å²) in [6.45, 7) is 0. The molecular weight excluding hydrogens is 192 g/mol. The Bertz CT molecular complexity index is 386. The third kappa shape index (κ3) is 3.72. The van der Waals surface area contributed by atoms with Gasteiger partial charge in [0.05, 0.1) is 7.11 Å². The van der Waals surface area contributed by atoms with Gasteiger partial charge in [0, 0.05) is 18.2 Å². The molecule has 0 saturated heterocycles. The molecule has 0 aromatic heterocycles. The van der Waals surface area contributed by atoms with Crippen molar-refractivity contribution in [3.05, 3.63) is 29.8 Å². The maximum absolute atomic E-state index is 10.5. The molecule has 0 radical (unpaired) electrons. The summed E-state index contributed by atoms with van der Waals surface area (Å²) < 4.78 is 5.06. The van der Waals surface area contributed by atoms with Crippen LogP contribution in [0.15, 0.2) is 24.3 Å². The number of methoxy groups -OCH3 is 1. The second kappa shape index (κ2) is 5.05. The normalized spacial score (nSPS) is 10.5. The Morgan fingerprint density at radius 3 is 2.80 bits per heavy atom. The highest BCUT2D eigenvalue weighted by Gasteiger charge is 1.96. The first-order valence-corrected chi connectivity index (χ1v) is 4.51. The number of nitrogens with two attached hydrogens (primary N) is 2. The second-order valence-corrected chi connectivity index (χ2v) is 3.11. The molecule has 80 valence electrons. The molecule has 1 amide bonds. The first-order chi connectivity index (χ1) is 7.11. The van der Waals surface area contributed by atoms with E-state index in [4.69, 9.17) is 16.2 Å². The number of primary amides is 1. The SMILES string of the molecule is COc1cc(N)cc(C=CCC(N)=O)c1. The summed E-state index contributed by atoms with van der Waals surface area (Å²) in [7, 11) is 1.58. The third-order valence-corrected chi connectivity index (χ3v) is 1.82. The maximum atomic E-state index is 10.5. The monoisotopic (exact) mass is 206 g/mol. The van der Waals surface area contributed by atoms with Crippen molar-refractivity contribution in [2.75, 3.05) is 12.8 Å². The lowest BCUT2D eigenvalue weighted by Gasteiger charge is -2.02. The van der Waals surface area contributed by atoms with Crippen molar-refractivity contribution in [1.29, 1.82) is 0 Å². The predicted octanol–water partition coefficient (Wildman–Crippen LogP) is 1.17. The van der Waals surface area contributed by atoms with Gasteiger partial charge in [-0.2, -0.15) is 0 Å². The fourth-order valence-corrected chi connectivity index (χ4v) is 1.17. The fourth-order valence-electron chi connectivity index (χ4n) is 1.17. The van der Waals surface area contributed by atoms with Crippen LogP contribution in [-0.2, 0) is 4.79 Å². The van der Waals surface area contributed by atoms with E-state index in [1.54, 1.807) is 31.4 Å². The van der Waals surface area contributed by atoms with Crippen LogP contribution < -0.4 is 16.2 Å². The molecule has 4 N–H and O–H groups in total. The summed E-state index contributed by atoms with van der Waals surface area (Å²) in [4.78, 5) is 10.5. The second-order valence-electron chi connectivity index (χ2n) is 3.11. The molecule has 0 fully saturated rings. The largest absolute Gasteiger partial charge is 0.497 e. The van der Waals surface area contributed by atoms with Crippen molar-refractivity contribution in [3.63, 3.8) is 0 Å². The molecule has 0 saturated carbocycles. The Hall–Kier alpha value is -1.97. The molecule has 0 unspecified atom stereocenters. The Balaban J connectivity index is 2.80. The van der Waals surface area contributed by atoms with Gasteiger partial charge in [-0.15, -0.1) is 0 Å². The number of nitrogen functional groups attached to an aromatic ring is 1. The fraction of sp³-hybridized carbons (Fsp3) is 0.182. The van der Waals surface area contributed by atoms with E-state index in [0.29, 0.717) is 11.4 Å². The van der Waals surface area contributed by atoms with E-state index < -0.39 is 0 Å². The van der Waals surface area contributed by atoms with Gasteiger partial charge in [-0.05, 0) is 17.7 Å². The van der Waals surface area contributed by atoms with E-state index in [1.165, 1.54) is 0 Å². The van der Waals surface area contributed by atoms with Gasteiger partial charge < -0.3 is 16.2 Å². The summed E-state index contributed by atoms with van der Waals surface area (Å²) in [6.07, 6.45) is 3.69.